The third-order valence-corrected chi connectivity index (χ3v) is 3.57. The largest absolute Gasteiger partial charge is 0.377 e. The second-order valence-electron chi connectivity index (χ2n) is 4.16. The number of halogens is 2. The molecule has 1 heterocycles. The minimum Gasteiger partial charge on any atom is -0.377 e. The maximum atomic E-state index is 11.5. The Hall–Kier alpha value is -0.990. The van der Waals surface area contributed by atoms with Crippen molar-refractivity contribution in [1.29, 1.82) is 0 Å². The number of Topliss-reactive ketones (excluding diaryl/α,β-unsaturated/α-hetero) is 1. The van der Waals surface area contributed by atoms with E-state index >= 15 is 0 Å². The molecule has 0 radical (unpaired) electrons. The lowest BCUT2D eigenvalue weighted by Gasteiger charge is -2.13. The van der Waals surface area contributed by atoms with Crippen molar-refractivity contribution in [2.75, 3.05) is 11.9 Å². The quantitative estimate of drug-likeness (QED) is 0.766. The van der Waals surface area contributed by atoms with Gasteiger partial charge in [-0.2, -0.15) is 0 Å². The number of allylic oxidation sites excluding steroid dienone is 1. The molecule has 0 amide bonds. The lowest BCUT2D eigenvalue weighted by atomic mass is 10.0. The molecule has 1 aliphatic rings. The second-order valence-corrected chi connectivity index (χ2v) is 4.98. The molecule has 0 atom stereocenters. The molecule has 0 saturated heterocycles. The van der Waals surface area contributed by atoms with Crippen molar-refractivity contribution in [2.45, 2.75) is 19.3 Å². The van der Waals surface area contributed by atoms with Crippen molar-refractivity contribution in [2.24, 2.45) is 0 Å². The number of carbonyl (C=O) groups is 1. The molecule has 0 saturated carbocycles. The highest BCUT2D eigenvalue weighted by molar-refractivity contribution is 6.42. The van der Waals surface area contributed by atoms with Crippen LogP contribution >= 0.6 is 23.2 Å². The molecule has 17 heavy (non-hydrogen) atoms. The van der Waals surface area contributed by atoms with Crippen LogP contribution < -0.4 is 5.32 Å². The predicted molar refractivity (Wildman–Crippen MR) is 72.8 cm³/mol. The summed E-state index contributed by atoms with van der Waals surface area (Å²) in [5.41, 5.74) is 2.77. The predicted octanol–water partition coefficient (Wildman–Crippen LogP) is 4.17. The van der Waals surface area contributed by atoms with Gasteiger partial charge in [-0.05, 0) is 30.5 Å². The molecule has 1 N–H and O–H groups in total. The molecule has 1 aliphatic heterocycles. The van der Waals surface area contributed by atoms with Crippen LogP contribution in [-0.2, 0) is 4.79 Å². The van der Waals surface area contributed by atoms with Gasteiger partial charge in [0.25, 0.3) is 0 Å². The van der Waals surface area contributed by atoms with E-state index in [9.17, 15) is 4.79 Å². The summed E-state index contributed by atoms with van der Waals surface area (Å²) in [7, 11) is 0. The standard InChI is InChI=1S/C13H13Cl2NO/c1-8-3-2-4-9(17)7-16-13-6-12(15)11(14)5-10(8)13/h5-6,16H,1-4,7H2. The minimum absolute atomic E-state index is 0.205. The fraction of sp³-hybridized carbons (Fsp3) is 0.308. The van der Waals surface area contributed by atoms with Crippen LogP contribution in [0.5, 0.6) is 0 Å². The normalized spacial score (nSPS) is 16.6. The third-order valence-electron chi connectivity index (χ3n) is 2.85. The van der Waals surface area contributed by atoms with Crippen molar-refractivity contribution in [3.63, 3.8) is 0 Å². The zero-order valence-electron chi connectivity index (χ0n) is 9.35. The van der Waals surface area contributed by atoms with Gasteiger partial charge in [0.2, 0.25) is 0 Å². The fourth-order valence-electron chi connectivity index (χ4n) is 1.90. The van der Waals surface area contributed by atoms with Gasteiger partial charge in [-0.3, -0.25) is 4.79 Å². The molecule has 0 spiro atoms. The molecule has 0 aromatic heterocycles. The first-order chi connectivity index (χ1) is 8.08. The van der Waals surface area contributed by atoms with Crippen molar-refractivity contribution in [3.05, 3.63) is 34.3 Å². The van der Waals surface area contributed by atoms with Gasteiger partial charge in [0.05, 0.1) is 16.6 Å². The Kier molecular flexibility index (Phi) is 3.75. The first-order valence-corrected chi connectivity index (χ1v) is 6.26. The van der Waals surface area contributed by atoms with Crippen LogP contribution in [0.4, 0.5) is 5.69 Å². The summed E-state index contributed by atoms with van der Waals surface area (Å²) in [4.78, 5) is 11.5. The summed E-state index contributed by atoms with van der Waals surface area (Å²) in [5, 5.41) is 4.10. The number of fused-ring (bicyclic) bond motifs is 1. The van der Waals surface area contributed by atoms with Gasteiger partial charge in [-0.25, -0.2) is 0 Å². The second kappa shape index (κ2) is 5.11. The number of ketones is 1. The van der Waals surface area contributed by atoms with E-state index in [1.165, 1.54) is 0 Å². The van der Waals surface area contributed by atoms with Crippen LogP contribution in [0.25, 0.3) is 5.57 Å². The van der Waals surface area contributed by atoms with E-state index in [1.807, 2.05) is 6.07 Å². The molecule has 4 heteroatoms. The third kappa shape index (κ3) is 2.82. The van der Waals surface area contributed by atoms with Gasteiger partial charge in [0.15, 0.2) is 5.78 Å². The zero-order chi connectivity index (χ0) is 12.4. The lowest BCUT2D eigenvalue weighted by Crippen LogP contribution is -2.13. The van der Waals surface area contributed by atoms with Crippen molar-refractivity contribution < 1.29 is 4.79 Å². The van der Waals surface area contributed by atoms with E-state index in [0.717, 1.165) is 29.7 Å². The molecule has 0 unspecified atom stereocenters. The molecule has 0 fully saturated rings. The first-order valence-electron chi connectivity index (χ1n) is 5.50. The monoisotopic (exact) mass is 269 g/mol. The minimum atomic E-state index is 0.205. The maximum Gasteiger partial charge on any atom is 0.151 e. The summed E-state index contributed by atoms with van der Waals surface area (Å²) < 4.78 is 0. The fourth-order valence-corrected chi connectivity index (χ4v) is 2.23. The topological polar surface area (TPSA) is 29.1 Å². The highest BCUT2D eigenvalue weighted by atomic mass is 35.5. The highest BCUT2D eigenvalue weighted by Gasteiger charge is 2.14. The number of benzene rings is 1. The summed E-state index contributed by atoms with van der Waals surface area (Å²) in [6, 6.07) is 3.56. The van der Waals surface area contributed by atoms with Crippen molar-refractivity contribution in [3.8, 4) is 0 Å². The van der Waals surface area contributed by atoms with E-state index in [4.69, 9.17) is 23.2 Å². The molecule has 1 aromatic carbocycles. The summed E-state index contributed by atoms with van der Waals surface area (Å²) in [5.74, 6) is 0.205. The first kappa shape index (κ1) is 12.5. The Balaban J connectivity index is 2.43. The Labute approximate surface area is 111 Å². The summed E-state index contributed by atoms with van der Waals surface area (Å²) in [6.45, 7) is 4.37. The van der Waals surface area contributed by atoms with E-state index in [1.54, 1.807) is 6.07 Å². The van der Waals surface area contributed by atoms with Gasteiger partial charge in [-0.15, -0.1) is 0 Å². The van der Waals surface area contributed by atoms with Crippen LogP contribution in [0.1, 0.15) is 24.8 Å². The number of hydrogen-bond acceptors (Lipinski definition) is 2. The molecule has 90 valence electrons. The van der Waals surface area contributed by atoms with Crippen molar-refractivity contribution in [1.82, 2.24) is 0 Å². The number of rotatable bonds is 0. The van der Waals surface area contributed by atoms with Crippen LogP contribution in [0, 0.1) is 0 Å². The Morgan fingerprint density at radius 1 is 1.18 bits per heavy atom. The zero-order valence-corrected chi connectivity index (χ0v) is 10.9. The van der Waals surface area contributed by atoms with Crippen LogP contribution in [0.3, 0.4) is 0 Å². The van der Waals surface area contributed by atoms with Crippen LogP contribution in [0.2, 0.25) is 10.0 Å². The van der Waals surface area contributed by atoms with Gasteiger partial charge >= 0.3 is 0 Å². The molecule has 0 aliphatic carbocycles. The van der Waals surface area contributed by atoms with E-state index in [2.05, 4.69) is 11.9 Å². The summed E-state index contributed by atoms with van der Waals surface area (Å²) >= 11 is 12.0. The van der Waals surface area contributed by atoms with Gasteiger partial charge in [-0.1, -0.05) is 29.8 Å². The van der Waals surface area contributed by atoms with Gasteiger partial charge in [0.1, 0.15) is 0 Å². The average molecular weight is 270 g/mol. The molecule has 1 aromatic rings. The van der Waals surface area contributed by atoms with E-state index in [-0.39, 0.29) is 5.78 Å². The molecular formula is C13H13Cl2NO. The van der Waals surface area contributed by atoms with Gasteiger partial charge in [0, 0.05) is 17.7 Å². The molecule has 0 bridgehead atoms. The maximum absolute atomic E-state index is 11.5. The number of nitrogens with one attached hydrogen (secondary N) is 1. The van der Waals surface area contributed by atoms with Gasteiger partial charge < -0.3 is 5.32 Å². The number of anilines is 1. The Morgan fingerprint density at radius 3 is 2.65 bits per heavy atom. The molecule has 2 nitrogen and oxygen atoms in total. The number of carbonyl (C=O) groups excluding carboxylic acids is 1. The summed E-state index contributed by atoms with van der Waals surface area (Å²) in [6.07, 6.45) is 2.22. The SMILES string of the molecule is C=C1CCCC(=O)CNc2cc(Cl)c(Cl)cc21. The molecule has 2 rings (SSSR count). The Bertz CT molecular complexity index is 483. The van der Waals surface area contributed by atoms with Crippen LogP contribution in [0.15, 0.2) is 18.7 Å². The van der Waals surface area contributed by atoms with E-state index in [0.29, 0.717) is 23.0 Å². The lowest BCUT2D eigenvalue weighted by molar-refractivity contribution is -0.117. The van der Waals surface area contributed by atoms with Crippen molar-refractivity contribution >= 4 is 40.2 Å². The van der Waals surface area contributed by atoms with Crippen LogP contribution in [-0.4, -0.2) is 12.3 Å². The smallest absolute Gasteiger partial charge is 0.151 e. The Morgan fingerprint density at radius 2 is 1.88 bits per heavy atom. The average Bonchev–Trinajstić information content (AvgIpc) is 2.34. The highest BCUT2D eigenvalue weighted by Crippen LogP contribution is 2.34. The van der Waals surface area contributed by atoms with E-state index < -0.39 is 0 Å². The molecular weight excluding hydrogens is 257 g/mol. The number of hydrogen-bond donors (Lipinski definition) is 1.